The Balaban J connectivity index is 0.000000420. The van der Waals surface area contributed by atoms with Crippen LogP contribution in [0.4, 0.5) is 17.1 Å². The molecule has 0 aromatic heterocycles. The molecular weight excluding hydrogens is 410 g/mol. The van der Waals surface area contributed by atoms with Crippen LogP contribution in [0.5, 0.6) is 0 Å². The maximum Gasteiger partial charge on any atom is 0.0931 e. The van der Waals surface area contributed by atoms with Gasteiger partial charge in [-0.05, 0) is 69.0 Å². The first-order valence-corrected chi connectivity index (χ1v) is 10.8. The van der Waals surface area contributed by atoms with Crippen molar-refractivity contribution >= 4 is 29.6 Å². The largest absolute Gasteiger partial charge is 0.388 e. The summed E-state index contributed by atoms with van der Waals surface area (Å²) in [5.41, 5.74) is 7.17. The predicted octanol–water partition coefficient (Wildman–Crippen LogP) is 6.10. The van der Waals surface area contributed by atoms with Gasteiger partial charge in [0.25, 0.3) is 0 Å². The topological polar surface area (TPSA) is 92.8 Å². The normalized spacial score (nSPS) is 12.1. The standard InChI is InChI=1S/C18H20N4.C9H15NO/c1-13-10-14(2)18(20-3)17(11-13)22-12-21-16-6-4-15(5-7-16)8-9-19;1-4-5-6-8(2)10-7-9(3)11/h4-7,10-12,20H,8H2,1-3H3,(H,21,22);4,6-7,9,11H,1,5H2,2-3H3/b;8-6-,10-7?. The summed E-state index contributed by atoms with van der Waals surface area (Å²) in [6, 6.07) is 14.1. The number of rotatable bonds is 9. The summed E-state index contributed by atoms with van der Waals surface area (Å²) in [5, 5.41) is 23.8. The van der Waals surface area contributed by atoms with Gasteiger partial charge in [0.1, 0.15) is 0 Å². The monoisotopic (exact) mass is 445 g/mol. The Morgan fingerprint density at radius 3 is 2.52 bits per heavy atom. The number of hydrogen-bond acceptors (Lipinski definition) is 5. The highest BCUT2D eigenvalue weighted by molar-refractivity contribution is 5.81. The van der Waals surface area contributed by atoms with Crippen LogP contribution in [0.2, 0.25) is 0 Å². The quantitative estimate of drug-likeness (QED) is 0.247. The molecule has 6 nitrogen and oxygen atoms in total. The lowest BCUT2D eigenvalue weighted by Crippen LogP contribution is -1.99. The minimum Gasteiger partial charge on any atom is -0.388 e. The van der Waals surface area contributed by atoms with Crippen molar-refractivity contribution in [1.29, 1.82) is 5.26 Å². The highest BCUT2D eigenvalue weighted by Gasteiger charge is 2.03. The fourth-order valence-electron chi connectivity index (χ4n) is 2.89. The van der Waals surface area contributed by atoms with Crippen LogP contribution in [0.1, 0.15) is 37.0 Å². The molecule has 0 aliphatic rings. The first-order valence-electron chi connectivity index (χ1n) is 10.8. The van der Waals surface area contributed by atoms with Gasteiger partial charge in [-0.3, -0.25) is 4.99 Å². The fraction of sp³-hybridized carbons (Fsp3) is 0.296. The summed E-state index contributed by atoms with van der Waals surface area (Å²) in [7, 11) is 1.90. The van der Waals surface area contributed by atoms with E-state index in [1.165, 1.54) is 17.3 Å². The lowest BCUT2D eigenvalue weighted by Gasteiger charge is -2.10. The molecule has 0 saturated carbocycles. The molecule has 0 fully saturated rings. The molecule has 1 unspecified atom stereocenters. The van der Waals surface area contributed by atoms with E-state index in [4.69, 9.17) is 10.4 Å². The third kappa shape index (κ3) is 10.9. The zero-order valence-electron chi connectivity index (χ0n) is 20.3. The van der Waals surface area contributed by atoms with Crippen LogP contribution in [0, 0.1) is 25.2 Å². The van der Waals surface area contributed by atoms with Crippen LogP contribution in [0.25, 0.3) is 0 Å². The van der Waals surface area contributed by atoms with Crippen molar-refractivity contribution in [1.82, 2.24) is 0 Å². The molecule has 2 aromatic rings. The van der Waals surface area contributed by atoms with Gasteiger partial charge in [0.05, 0.1) is 36.3 Å². The number of benzene rings is 2. The average Bonchev–Trinajstić information content (AvgIpc) is 2.78. The molecule has 0 spiro atoms. The highest BCUT2D eigenvalue weighted by Crippen LogP contribution is 2.29. The molecule has 0 bridgehead atoms. The molecule has 2 rings (SSSR count). The number of nitriles is 1. The Kier molecular flexibility index (Phi) is 12.6. The summed E-state index contributed by atoms with van der Waals surface area (Å²) in [4.78, 5) is 8.50. The van der Waals surface area contributed by atoms with E-state index in [1.807, 2.05) is 50.4 Å². The summed E-state index contributed by atoms with van der Waals surface area (Å²) < 4.78 is 0. The van der Waals surface area contributed by atoms with Gasteiger partial charge < -0.3 is 15.7 Å². The number of anilines is 2. The van der Waals surface area contributed by atoms with E-state index in [2.05, 4.69) is 53.2 Å². The number of hydrogen-bond donors (Lipinski definition) is 3. The average molecular weight is 446 g/mol. The second kappa shape index (κ2) is 15.2. The number of aliphatic hydroxyl groups excluding tert-OH is 1. The molecule has 0 saturated heterocycles. The van der Waals surface area contributed by atoms with Crippen molar-refractivity contribution in [3.05, 3.63) is 77.5 Å². The summed E-state index contributed by atoms with van der Waals surface area (Å²) >= 11 is 0. The molecule has 0 aliphatic carbocycles. The van der Waals surface area contributed by atoms with Gasteiger partial charge in [-0.2, -0.15) is 5.26 Å². The van der Waals surface area contributed by atoms with Gasteiger partial charge in [0.15, 0.2) is 0 Å². The van der Waals surface area contributed by atoms with E-state index < -0.39 is 6.10 Å². The van der Waals surface area contributed by atoms with E-state index in [0.717, 1.165) is 34.7 Å². The first-order chi connectivity index (χ1) is 15.8. The number of nitrogens with one attached hydrogen (secondary N) is 2. The fourth-order valence-corrected chi connectivity index (χ4v) is 2.89. The molecule has 33 heavy (non-hydrogen) atoms. The second-order valence-corrected chi connectivity index (χ2v) is 7.55. The van der Waals surface area contributed by atoms with E-state index in [-0.39, 0.29) is 0 Å². The second-order valence-electron chi connectivity index (χ2n) is 7.55. The zero-order chi connectivity index (χ0) is 24.6. The molecule has 174 valence electrons. The van der Waals surface area contributed by atoms with Crippen molar-refractivity contribution in [2.75, 3.05) is 17.7 Å². The zero-order valence-corrected chi connectivity index (χ0v) is 20.3. The number of nitrogens with zero attached hydrogens (tertiary/aromatic N) is 3. The molecule has 3 N–H and O–H groups in total. The Labute approximate surface area is 198 Å². The first kappa shape index (κ1) is 27.3. The smallest absolute Gasteiger partial charge is 0.0931 e. The molecule has 0 amide bonds. The van der Waals surface area contributed by atoms with Gasteiger partial charge >= 0.3 is 0 Å². The lowest BCUT2D eigenvalue weighted by molar-refractivity contribution is 0.267. The Bertz CT molecular complexity index is 1010. The minimum absolute atomic E-state index is 0.433. The van der Waals surface area contributed by atoms with Gasteiger partial charge in [-0.1, -0.05) is 30.4 Å². The Morgan fingerprint density at radius 2 is 1.94 bits per heavy atom. The van der Waals surface area contributed by atoms with Crippen LogP contribution in [0.15, 0.2) is 70.8 Å². The van der Waals surface area contributed by atoms with Crippen molar-refractivity contribution in [2.45, 2.75) is 46.6 Å². The van der Waals surface area contributed by atoms with Gasteiger partial charge in [0, 0.05) is 24.6 Å². The van der Waals surface area contributed by atoms with Crippen LogP contribution < -0.4 is 10.6 Å². The highest BCUT2D eigenvalue weighted by atomic mass is 16.3. The van der Waals surface area contributed by atoms with Crippen molar-refractivity contribution in [3.63, 3.8) is 0 Å². The number of aliphatic imine (C=N–C) groups is 2. The summed E-state index contributed by atoms with van der Waals surface area (Å²) in [6.45, 7) is 11.3. The summed E-state index contributed by atoms with van der Waals surface area (Å²) in [6.07, 6.45) is 7.74. The molecule has 0 radical (unpaired) electrons. The molecule has 6 heteroatoms. The van der Waals surface area contributed by atoms with Gasteiger partial charge in [-0.25, -0.2) is 4.99 Å². The van der Waals surface area contributed by atoms with E-state index in [1.54, 1.807) is 19.3 Å². The van der Waals surface area contributed by atoms with Crippen LogP contribution in [-0.2, 0) is 6.42 Å². The SMILES string of the molecule is C=CC/C=C(/C)N=CC(C)O.CNc1c(C)cc(C)cc1N=CNc1ccc(CC#N)cc1. The van der Waals surface area contributed by atoms with Crippen molar-refractivity contribution in [3.8, 4) is 6.07 Å². The van der Waals surface area contributed by atoms with E-state index >= 15 is 0 Å². The third-order valence-electron chi connectivity index (χ3n) is 4.45. The number of allylic oxidation sites excluding steroid dienone is 3. The summed E-state index contributed by atoms with van der Waals surface area (Å²) in [5.74, 6) is 0. The number of aryl methyl sites for hydroxylation is 2. The van der Waals surface area contributed by atoms with E-state index in [0.29, 0.717) is 6.42 Å². The molecule has 0 heterocycles. The molecule has 1 atom stereocenters. The van der Waals surface area contributed by atoms with Crippen molar-refractivity contribution in [2.24, 2.45) is 9.98 Å². The Morgan fingerprint density at radius 1 is 1.24 bits per heavy atom. The van der Waals surface area contributed by atoms with Crippen molar-refractivity contribution < 1.29 is 5.11 Å². The van der Waals surface area contributed by atoms with Crippen LogP contribution in [0.3, 0.4) is 0 Å². The number of aliphatic hydroxyl groups is 1. The van der Waals surface area contributed by atoms with Gasteiger partial charge in [0.2, 0.25) is 0 Å². The van der Waals surface area contributed by atoms with Crippen LogP contribution in [-0.4, -0.2) is 30.8 Å². The maximum absolute atomic E-state index is 8.83. The van der Waals surface area contributed by atoms with Crippen LogP contribution >= 0.6 is 0 Å². The molecule has 0 aliphatic heterocycles. The molecule has 2 aromatic carbocycles. The minimum atomic E-state index is -0.470. The Hall–Kier alpha value is -3.69. The van der Waals surface area contributed by atoms with Gasteiger partial charge in [-0.15, -0.1) is 6.58 Å². The maximum atomic E-state index is 8.83. The predicted molar refractivity (Wildman–Crippen MR) is 142 cm³/mol. The lowest BCUT2D eigenvalue weighted by atomic mass is 10.1. The molecular formula is C27H35N5O. The third-order valence-corrected chi connectivity index (χ3v) is 4.45. The van der Waals surface area contributed by atoms with E-state index in [9.17, 15) is 0 Å².